The van der Waals surface area contributed by atoms with Gasteiger partial charge in [0.15, 0.2) is 0 Å². The van der Waals surface area contributed by atoms with Gasteiger partial charge in [0.2, 0.25) is 0 Å². The lowest BCUT2D eigenvalue weighted by atomic mass is 10.2. The predicted octanol–water partition coefficient (Wildman–Crippen LogP) is 0.428. The Morgan fingerprint density at radius 3 is 2.92 bits per heavy atom. The van der Waals surface area contributed by atoms with Crippen LogP contribution in [0, 0.1) is 5.92 Å². The summed E-state index contributed by atoms with van der Waals surface area (Å²) < 4.78 is 5.19. The maximum Gasteiger partial charge on any atom is 0.307 e. The summed E-state index contributed by atoms with van der Waals surface area (Å²) in [5.74, 6) is -1.00. The quantitative estimate of drug-likeness (QED) is 0.693. The van der Waals surface area contributed by atoms with Crippen LogP contribution in [-0.2, 0) is 9.53 Å². The summed E-state index contributed by atoms with van der Waals surface area (Å²) in [7, 11) is 1.70. The second kappa shape index (κ2) is 4.58. The molecule has 0 aliphatic carbocycles. The lowest BCUT2D eigenvalue weighted by molar-refractivity contribution is -0.141. The van der Waals surface area contributed by atoms with Crippen molar-refractivity contribution >= 4 is 5.97 Å². The Balaban J connectivity index is 2.27. The van der Waals surface area contributed by atoms with E-state index in [1.54, 1.807) is 14.0 Å². The van der Waals surface area contributed by atoms with Gasteiger partial charge in [0.05, 0.1) is 12.0 Å². The Hall–Kier alpha value is -0.610. The molecule has 0 radical (unpaired) electrons. The van der Waals surface area contributed by atoms with Crippen LogP contribution in [0.15, 0.2) is 0 Å². The van der Waals surface area contributed by atoms with Gasteiger partial charge in [-0.1, -0.05) is 6.92 Å². The highest BCUT2D eigenvalue weighted by molar-refractivity contribution is 5.69. The smallest absolute Gasteiger partial charge is 0.307 e. The summed E-state index contributed by atoms with van der Waals surface area (Å²) in [6.45, 7) is 4.20. The second-order valence-electron chi connectivity index (χ2n) is 3.65. The molecule has 0 amide bonds. The van der Waals surface area contributed by atoms with Crippen molar-refractivity contribution in [1.29, 1.82) is 0 Å². The van der Waals surface area contributed by atoms with Crippen molar-refractivity contribution in [3.8, 4) is 0 Å². The summed E-state index contributed by atoms with van der Waals surface area (Å²) in [6.07, 6.45) is 1.31. The summed E-state index contributed by atoms with van der Waals surface area (Å²) >= 11 is 0. The Kier molecular flexibility index (Phi) is 3.69. The van der Waals surface area contributed by atoms with Gasteiger partial charge in [0, 0.05) is 26.7 Å². The molecular formula is C9H17NO3. The molecular weight excluding hydrogens is 170 g/mol. The van der Waals surface area contributed by atoms with Crippen LogP contribution in [-0.4, -0.2) is 48.8 Å². The minimum atomic E-state index is -0.721. The van der Waals surface area contributed by atoms with Crippen LogP contribution in [0.25, 0.3) is 0 Å². The van der Waals surface area contributed by atoms with Crippen LogP contribution in [0.2, 0.25) is 0 Å². The number of hydrogen-bond donors (Lipinski definition) is 1. The third-order valence-corrected chi connectivity index (χ3v) is 2.52. The van der Waals surface area contributed by atoms with Gasteiger partial charge >= 0.3 is 5.97 Å². The number of hydrogen-bond acceptors (Lipinski definition) is 3. The fourth-order valence-corrected chi connectivity index (χ4v) is 1.62. The first-order valence-electron chi connectivity index (χ1n) is 4.61. The molecule has 4 heteroatoms. The summed E-state index contributed by atoms with van der Waals surface area (Å²) in [4.78, 5) is 12.7. The molecule has 0 aromatic rings. The minimum Gasteiger partial charge on any atom is -0.481 e. The van der Waals surface area contributed by atoms with Crippen molar-refractivity contribution in [3.63, 3.8) is 0 Å². The zero-order valence-electron chi connectivity index (χ0n) is 8.19. The molecule has 0 spiro atoms. The number of carboxylic acid groups (broad SMARTS) is 1. The molecule has 1 rings (SSSR count). The van der Waals surface area contributed by atoms with Gasteiger partial charge in [-0.25, -0.2) is 0 Å². The molecule has 1 aliphatic rings. The summed E-state index contributed by atoms with van der Waals surface area (Å²) in [5.41, 5.74) is 0. The van der Waals surface area contributed by atoms with Crippen LogP contribution in [0.5, 0.6) is 0 Å². The third kappa shape index (κ3) is 2.97. The molecule has 0 aromatic carbocycles. The van der Waals surface area contributed by atoms with Crippen LogP contribution >= 0.6 is 0 Å². The highest BCUT2D eigenvalue weighted by Crippen LogP contribution is 2.13. The van der Waals surface area contributed by atoms with Crippen molar-refractivity contribution in [2.45, 2.75) is 19.4 Å². The van der Waals surface area contributed by atoms with E-state index in [4.69, 9.17) is 9.84 Å². The fourth-order valence-electron chi connectivity index (χ4n) is 1.62. The van der Waals surface area contributed by atoms with E-state index in [0.29, 0.717) is 12.6 Å². The van der Waals surface area contributed by atoms with Crippen LogP contribution in [0.3, 0.4) is 0 Å². The molecule has 2 atom stereocenters. The first kappa shape index (κ1) is 10.5. The minimum absolute atomic E-state index is 0.282. The van der Waals surface area contributed by atoms with Gasteiger partial charge in [0.1, 0.15) is 0 Å². The molecule has 1 aliphatic heterocycles. The molecule has 1 saturated heterocycles. The lowest BCUT2D eigenvalue weighted by Gasteiger charge is -2.17. The van der Waals surface area contributed by atoms with Crippen LogP contribution in [0.1, 0.15) is 13.3 Å². The summed E-state index contributed by atoms with van der Waals surface area (Å²) in [5, 5.41) is 8.71. The van der Waals surface area contributed by atoms with Crippen molar-refractivity contribution in [2.75, 3.05) is 26.7 Å². The molecule has 0 saturated carbocycles. The maximum atomic E-state index is 10.6. The largest absolute Gasteiger partial charge is 0.481 e. The first-order valence-corrected chi connectivity index (χ1v) is 4.61. The molecule has 76 valence electrons. The standard InChI is InChI=1S/C9H17NO3/c1-7(9(11)12)5-10-4-3-8(6-10)13-2/h7-8H,3-6H2,1-2H3,(H,11,12). The van der Waals surface area contributed by atoms with E-state index >= 15 is 0 Å². The maximum absolute atomic E-state index is 10.6. The zero-order valence-corrected chi connectivity index (χ0v) is 8.19. The van der Waals surface area contributed by atoms with Crippen molar-refractivity contribution in [2.24, 2.45) is 5.92 Å². The van der Waals surface area contributed by atoms with Crippen LogP contribution in [0.4, 0.5) is 0 Å². The van der Waals surface area contributed by atoms with Gasteiger partial charge in [-0.05, 0) is 6.42 Å². The van der Waals surface area contributed by atoms with E-state index in [1.165, 1.54) is 0 Å². The number of likely N-dealkylation sites (tertiary alicyclic amines) is 1. The van der Waals surface area contributed by atoms with E-state index < -0.39 is 5.97 Å². The number of carbonyl (C=O) groups is 1. The highest BCUT2D eigenvalue weighted by Gasteiger charge is 2.24. The second-order valence-corrected chi connectivity index (χ2v) is 3.65. The monoisotopic (exact) mass is 187 g/mol. The fraction of sp³-hybridized carbons (Fsp3) is 0.889. The van der Waals surface area contributed by atoms with Crippen LogP contribution < -0.4 is 0 Å². The number of carboxylic acids is 1. The first-order chi connectivity index (χ1) is 6.13. The number of methoxy groups -OCH3 is 1. The average Bonchev–Trinajstić information content (AvgIpc) is 2.52. The topological polar surface area (TPSA) is 49.8 Å². The van der Waals surface area contributed by atoms with Crippen molar-refractivity contribution < 1.29 is 14.6 Å². The van der Waals surface area contributed by atoms with E-state index in [0.717, 1.165) is 19.5 Å². The van der Waals surface area contributed by atoms with Gasteiger partial charge in [-0.3, -0.25) is 9.69 Å². The SMILES string of the molecule is COC1CCN(CC(C)C(=O)O)C1. The third-order valence-electron chi connectivity index (χ3n) is 2.52. The molecule has 1 N–H and O–H groups in total. The van der Waals surface area contributed by atoms with E-state index in [-0.39, 0.29) is 5.92 Å². The van der Waals surface area contributed by atoms with E-state index in [9.17, 15) is 4.79 Å². The Morgan fingerprint density at radius 2 is 2.46 bits per heavy atom. The number of aliphatic carboxylic acids is 1. The van der Waals surface area contributed by atoms with Gasteiger partial charge < -0.3 is 9.84 Å². The van der Waals surface area contributed by atoms with Crippen molar-refractivity contribution in [3.05, 3.63) is 0 Å². The van der Waals surface area contributed by atoms with Gasteiger partial charge in [-0.2, -0.15) is 0 Å². The average molecular weight is 187 g/mol. The molecule has 0 aromatic heterocycles. The molecule has 2 unspecified atom stereocenters. The Labute approximate surface area is 78.5 Å². The van der Waals surface area contributed by atoms with E-state index in [2.05, 4.69) is 4.90 Å². The summed E-state index contributed by atoms with van der Waals surface area (Å²) in [6, 6.07) is 0. The number of nitrogens with zero attached hydrogens (tertiary/aromatic N) is 1. The lowest BCUT2D eigenvalue weighted by Crippen LogP contribution is -2.31. The molecule has 0 bridgehead atoms. The van der Waals surface area contributed by atoms with E-state index in [1.807, 2.05) is 0 Å². The number of ether oxygens (including phenoxy) is 1. The Morgan fingerprint density at radius 1 is 1.77 bits per heavy atom. The highest BCUT2D eigenvalue weighted by atomic mass is 16.5. The number of rotatable bonds is 4. The normalized spacial score (nSPS) is 26.2. The van der Waals surface area contributed by atoms with Gasteiger partial charge in [-0.15, -0.1) is 0 Å². The molecule has 1 heterocycles. The molecule has 13 heavy (non-hydrogen) atoms. The predicted molar refractivity (Wildman–Crippen MR) is 48.7 cm³/mol. The zero-order chi connectivity index (χ0) is 9.84. The van der Waals surface area contributed by atoms with Gasteiger partial charge in [0.25, 0.3) is 0 Å². The Bertz CT molecular complexity index is 184. The molecule has 1 fully saturated rings. The van der Waals surface area contributed by atoms with Crippen molar-refractivity contribution in [1.82, 2.24) is 4.90 Å². The molecule has 4 nitrogen and oxygen atoms in total.